The van der Waals surface area contributed by atoms with Gasteiger partial charge in [0.25, 0.3) is 0 Å². The van der Waals surface area contributed by atoms with E-state index in [0.29, 0.717) is 0 Å². The van der Waals surface area contributed by atoms with Gasteiger partial charge in [-0.05, 0) is 10.8 Å². The van der Waals surface area contributed by atoms with Crippen molar-refractivity contribution < 1.29 is 9.47 Å². The van der Waals surface area contributed by atoms with Gasteiger partial charge in [0.1, 0.15) is 0 Å². The van der Waals surface area contributed by atoms with Gasteiger partial charge < -0.3 is 9.47 Å². The number of rotatable bonds is 0. The standard InChI is InChI=1S/C17H26O2/c1-15(2,3)11-9-10-12(16(4,5)6)14-13(11)18-17(7,8)19-14/h9-10H,1-8H3. The Morgan fingerprint density at radius 1 is 0.737 bits per heavy atom. The number of fused-ring (bicyclic) bond motifs is 1. The molecule has 0 N–H and O–H groups in total. The number of benzene rings is 1. The normalized spacial score (nSPS) is 17.7. The SMILES string of the molecule is CC1(C)Oc2c(C(C)(C)C)ccc(C(C)(C)C)c2O1. The van der Waals surface area contributed by atoms with E-state index >= 15 is 0 Å². The maximum absolute atomic E-state index is 6.07. The van der Waals surface area contributed by atoms with E-state index in [1.165, 1.54) is 11.1 Å². The second-order valence-electron chi connectivity index (χ2n) is 7.92. The van der Waals surface area contributed by atoms with Crippen molar-refractivity contribution >= 4 is 0 Å². The van der Waals surface area contributed by atoms with E-state index in [-0.39, 0.29) is 10.8 Å². The molecular weight excluding hydrogens is 236 g/mol. The van der Waals surface area contributed by atoms with Crippen molar-refractivity contribution in [1.82, 2.24) is 0 Å². The van der Waals surface area contributed by atoms with Gasteiger partial charge in [0.05, 0.1) is 0 Å². The summed E-state index contributed by atoms with van der Waals surface area (Å²) in [4.78, 5) is 0. The summed E-state index contributed by atoms with van der Waals surface area (Å²) in [6, 6.07) is 4.37. The molecule has 0 saturated carbocycles. The second kappa shape index (κ2) is 3.91. The summed E-state index contributed by atoms with van der Waals surface area (Å²) in [5.74, 6) is 1.26. The smallest absolute Gasteiger partial charge is 0.246 e. The molecule has 0 saturated heterocycles. The number of ether oxygens (including phenoxy) is 2. The molecule has 1 aliphatic heterocycles. The Morgan fingerprint density at radius 2 is 1.05 bits per heavy atom. The van der Waals surface area contributed by atoms with Crippen LogP contribution in [0.2, 0.25) is 0 Å². The molecular formula is C17H26O2. The summed E-state index contributed by atoms with van der Waals surface area (Å²) in [5.41, 5.74) is 2.51. The Labute approximate surface area is 117 Å². The first kappa shape index (κ1) is 14.2. The molecule has 1 aromatic rings. The predicted molar refractivity (Wildman–Crippen MR) is 79.2 cm³/mol. The highest BCUT2D eigenvalue weighted by molar-refractivity contribution is 5.58. The van der Waals surface area contributed by atoms with Crippen molar-refractivity contribution in [2.75, 3.05) is 0 Å². The predicted octanol–water partition coefficient (Wildman–Crippen LogP) is 4.79. The molecule has 0 radical (unpaired) electrons. The van der Waals surface area contributed by atoms with Crippen LogP contribution in [0, 0.1) is 0 Å². The van der Waals surface area contributed by atoms with Crippen molar-refractivity contribution in [2.45, 2.75) is 72.0 Å². The van der Waals surface area contributed by atoms with Gasteiger partial charge in [-0.15, -0.1) is 0 Å². The van der Waals surface area contributed by atoms with Crippen molar-refractivity contribution in [1.29, 1.82) is 0 Å². The average molecular weight is 262 g/mol. The van der Waals surface area contributed by atoms with Crippen LogP contribution in [0.15, 0.2) is 12.1 Å². The molecule has 1 aliphatic rings. The van der Waals surface area contributed by atoms with E-state index < -0.39 is 5.79 Å². The largest absolute Gasteiger partial charge is 0.449 e. The molecule has 1 heterocycles. The van der Waals surface area contributed by atoms with Gasteiger partial charge in [-0.3, -0.25) is 0 Å². The molecule has 0 aromatic heterocycles. The fraction of sp³-hybridized carbons (Fsp3) is 0.647. The zero-order valence-corrected chi connectivity index (χ0v) is 13.5. The molecule has 0 aliphatic carbocycles. The number of hydrogen-bond donors (Lipinski definition) is 0. The Hall–Kier alpha value is -1.18. The van der Waals surface area contributed by atoms with Crippen molar-refractivity contribution in [2.24, 2.45) is 0 Å². The molecule has 0 amide bonds. The van der Waals surface area contributed by atoms with Crippen LogP contribution in [0.3, 0.4) is 0 Å². The molecule has 0 unspecified atom stereocenters. The minimum atomic E-state index is -0.580. The highest BCUT2D eigenvalue weighted by Gasteiger charge is 2.39. The Kier molecular flexibility index (Phi) is 2.93. The highest BCUT2D eigenvalue weighted by Crippen LogP contribution is 2.50. The second-order valence-corrected chi connectivity index (χ2v) is 7.92. The lowest BCUT2D eigenvalue weighted by Crippen LogP contribution is -2.30. The van der Waals surface area contributed by atoms with Gasteiger partial charge in [0.2, 0.25) is 5.79 Å². The zero-order valence-electron chi connectivity index (χ0n) is 13.5. The summed E-state index contributed by atoms with van der Waals surface area (Å²) in [7, 11) is 0. The Morgan fingerprint density at radius 3 is 1.32 bits per heavy atom. The van der Waals surface area contributed by atoms with Gasteiger partial charge in [-0.2, -0.15) is 0 Å². The topological polar surface area (TPSA) is 18.5 Å². The summed E-state index contributed by atoms with van der Waals surface area (Å²) >= 11 is 0. The minimum absolute atomic E-state index is 0.0459. The average Bonchev–Trinajstić information content (AvgIpc) is 2.46. The lowest BCUT2D eigenvalue weighted by molar-refractivity contribution is -0.0443. The van der Waals surface area contributed by atoms with Crippen LogP contribution in [0.1, 0.15) is 66.5 Å². The highest BCUT2D eigenvalue weighted by atomic mass is 16.7. The third kappa shape index (κ3) is 2.58. The molecule has 0 spiro atoms. The first-order chi connectivity index (χ1) is 8.42. The molecule has 2 nitrogen and oxygen atoms in total. The summed E-state index contributed by atoms with van der Waals surface area (Å²) in [6.07, 6.45) is 0. The van der Waals surface area contributed by atoms with Crippen LogP contribution >= 0.6 is 0 Å². The van der Waals surface area contributed by atoms with Crippen LogP contribution in [0.4, 0.5) is 0 Å². The number of hydrogen-bond acceptors (Lipinski definition) is 2. The zero-order chi connectivity index (χ0) is 14.6. The molecule has 19 heavy (non-hydrogen) atoms. The van der Waals surface area contributed by atoms with E-state index in [1.54, 1.807) is 0 Å². The third-order valence-electron chi connectivity index (χ3n) is 3.42. The van der Waals surface area contributed by atoms with E-state index in [0.717, 1.165) is 11.5 Å². The fourth-order valence-electron chi connectivity index (χ4n) is 2.46. The lowest BCUT2D eigenvalue weighted by atomic mass is 9.81. The molecule has 1 aromatic carbocycles. The fourth-order valence-corrected chi connectivity index (χ4v) is 2.46. The van der Waals surface area contributed by atoms with Crippen molar-refractivity contribution in [3.05, 3.63) is 23.3 Å². The van der Waals surface area contributed by atoms with Crippen LogP contribution in [0.5, 0.6) is 11.5 Å². The van der Waals surface area contributed by atoms with Crippen LogP contribution in [0.25, 0.3) is 0 Å². The quantitative estimate of drug-likeness (QED) is 0.669. The Bertz CT molecular complexity index is 454. The third-order valence-corrected chi connectivity index (χ3v) is 3.42. The van der Waals surface area contributed by atoms with E-state index in [1.807, 2.05) is 13.8 Å². The van der Waals surface area contributed by atoms with Crippen LogP contribution in [-0.4, -0.2) is 5.79 Å². The summed E-state index contributed by atoms with van der Waals surface area (Å²) < 4.78 is 12.1. The molecule has 0 atom stereocenters. The minimum Gasteiger partial charge on any atom is -0.449 e. The first-order valence-electron chi connectivity index (χ1n) is 6.98. The monoisotopic (exact) mass is 262 g/mol. The van der Waals surface area contributed by atoms with E-state index in [9.17, 15) is 0 Å². The van der Waals surface area contributed by atoms with Crippen molar-refractivity contribution in [3.63, 3.8) is 0 Å². The van der Waals surface area contributed by atoms with Gasteiger partial charge in [0, 0.05) is 25.0 Å². The molecule has 2 rings (SSSR count). The van der Waals surface area contributed by atoms with E-state index in [4.69, 9.17) is 9.47 Å². The van der Waals surface area contributed by atoms with Gasteiger partial charge >= 0.3 is 0 Å². The van der Waals surface area contributed by atoms with Gasteiger partial charge in [0.15, 0.2) is 11.5 Å². The van der Waals surface area contributed by atoms with Crippen LogP contribution < -0.4 is 9.47 Å². The molecule has 0 fully saturated rings. The maximum atomic E-state index is 6.07. The maximum Gasteiger partial charge on any atom is 0.246 e. The van der Waals surface area contributed by atoms with Crippen molar-refractivity contribution in [3.8, 4) is 11.5 Å². The molecule has 0 bridgehead atoms. The summed E-state index contributed by atoms with van der Waals surface area (Å²) in [6.45, 7) is 17.1. The molecule has 106 valence electrons. The Balaban J connectivity index is 2.67. The van der Waals surface area contributed by atoms with Gasteiger partial charge in [-0.1, -0.05) is 53.7 Å². The van der Waals surface area contributed by atoms with Gasteiger partial charge in [-0.25, -0.2) is 0 Å². The summed E-state index contributed by atoms with van der Waals surface area (Å²) in [5, 5.41) is 0. The molecule has 2 heteroatoms. The van der Waals surface area contributed by atoms with Crippen LogP contribution in [-0.2, 0) is 10.8 Å². The van der Waals surface area contributed by atoms with E-state index in [2.05, 4.69) is 53.7 Å². The first-order valence-corrected chi connectivity index (χ1v) is 6.98. The lowest BCUT2D eigenvalue weighted by Gasteiger charge is -2.25.